The van der Waals surface area contributed by atoms with Gasteiger partial charge in [-0.1, -0.05) is 35.3 Å². The van der Waals surface area contributed by atoms with Crippen LogP contribution in [0.5, 0.6) is 0 Å². The monoisotopic (exact) mass is 433 g/mol. The zero-order valence-corrected chi connectivity index (χ0v) is 18.8. The number of rotatable bonds is 7. The third-order valence-electron chi connectivity index (χ3n) is 4.81. The van der Waals surface area contributed by atoms with Crippen LogP contribution in [0.15, 0.2) is 29.8 Å². The van der Waals surface area contributed by atoms with Crippen molar-refractivity contribution in [3.63, 3.8) is 0 Å². The number of aromatic nitrogens is 1. The zero-order valence-electron chi connectivity index (χ0n) is 17.3. The van der Waals surface area contributed by atoms with E-state index in [0.717, 1.165) is 22.5 Å². The minimum absolute atomic E-state index is 0.0605. The summed E-state index contributed by atoms with van der Waals surface area (Å²) in [5.41, 5.74) is 3.64. The van der Waals surface area contributed by atoms with E-state index >= 15 is 0 Å². The number of benzene rings is 1. The van der Waals surface area contributed by atoms with Gasteiger partial charge >= 0.3 is 0 Å². The van der Waals surface area contributed by atoms with Gasteiger partial charge in [-0.15, -0.1) is 0 Å². The van der Waals surface area contributed by atoms with Crippen molar-refractivity contribution in [2.24, 2.45) is 0 Å². The third-order valence-corrected chi connectivity index (χ3v) is 5.67. The lowest BCUT2D eigenvalue weighted by molar-refractivity contribution is -0.125. The lowest BCUT2D eigenvalue weighted by Gasteiger charge is -2.18. The SMILES string of the molecule is COCC(C)n1c(C)cc(/C=C(/C#N)C(=O)N(C)Cc2cccc(Cl)c2Cl)c1C. The van der Waals surface area contributed by atoms with Gasteiger partial charge in [-0.05, 0) is 50.1 Å². The third kappa shape index (κ3) is 5.22. The molecule has 1 aromatic carbocycles. The van der Waals surface area contributed by atoms with Gasteiger partial charge in [-0.2, -0.15) is 5.26 Å². The second-order valence-electron chi connectivity index (χ2n) is 7.04. The van der Waals surface area contributed by atoms with Crippen LogP contribution < -0.4 is 0 Å². The van der Waals surface area contributed by atoms with E-state index in [-0.39, 0.29) is 24.1 Å². The molecule has 1 heterocycles. The average molecular weight is 434 g/mol. The number of ether oxygens (including phenoxy) is 1. The fourth-order valence-corrected chi connectivity index (χ4v) is 3.82. The Kier molecular flexibility index (Phi) is 7.92. The molecule has 0 saturated carbocycles. The van der Waals surface area contributed by atoms with Crippen LogP contribution in [0.25, 0.3) is 6.08 Å². The largest absolute Gasteiger partial charge is 0.383 e. The first-order valence-corrected chi connectivity index (χ1v) is 9.94. The number of hydrogen-bond acceptors (Lipinski definition) is 3. The van der Waals surface area contributed by atoms with E-state index in [1.807, 2.05) is 26.0 Å². The molecule has 29 heavy (non-hydrogen) atoms. The number of halogens is 2. The number of hydrogen-bond donors (Lipinski definition) is 0. The number of likely N-dealkylation sites (N-methyl/N-ethyl adjacent to an activating group) is 1. The Hall–Kier alpha value is -2.26. The van der Waals surface area contributed by atoms with Gasteiger partial charge in [-0.3, -0.25) is 4.79 Å². The van der Waals surface area contributed by atoms with Crippen LogP contribution >= 0.6 is 23.2 Å². The van der Waals surface area contributed by atoms with Crippen molar-refractivity contribution in [3.8, 4) is 6.07 Å². The van der Waals surface area contributed by atoms with E-state index in [1.54, 1.807) is 38.4 Å². The summed E-state index contributed by atoms with van der Waals surface area (Å²) in [6, 6.07) is 9.42. The van der Waals surface area contributed by atoms with E-state index in [2.05, 4.69) is 11.5 Å². The Labute approximate surface area is 182 Å². The van der Waals surface area contributed by atoms with Gasteiger partial charge in [0.2, 0.25) is 0 Å². The van der Waals surface area contributed by atoms with Gasteiger partial charge < -0.3 is 14.2 Å². The van der Waals surface area contributed by atoms with E-state index in [1.165, 1.54) is 4.90 Å². The Morgan fingerprint density at radius 1 is 1.38 bits per heavy atom. The van der Waals surface area contributed by atoms with Crippen LogP contribution in [-0.2, 0) is 16.1 Å². The molecule has 1 unspecified atom stereocenters. The van der Waals surface area contributed by atoms with Crippen molar-refractivity contribution in [2.45, 2.75) is 33.4 Å². The van der Waals surface area contributed by atoms with Crippen molar-refractivity contribution in [3.05, 3.63) is 62.4 Å². The summed E-state index contributed by atoms with van der Waals surface area (Å²) in [6.45, 7) is 6.86. The smallest absolute Gasteiger partial charge is 0.264 e. The van der Waals surface area contributed by atoms with Gasteiger partial charge in [0.1, 0.15) is 11.6 Å². The minimum atomic E-state index is -0.377. The summed E-state index contributed by atoms with van der Waals surface area (Å²) in [6.07, 6.45) is 1.64. The lowest BCUT2D eigenvalue weighted by Crippen LogP contribution is -2.27. The molecule has 7 heteroatoms. The van der Waals surface area contributed by atoms with E-state index in [4.69, 9.17) is 27.9 Å². The Morgan fingerprint density at radius 3 is 2.69 bits per heavy atom. The number of nitriles is 1. The summed E-state index contributed by atoms with van der Waals surface area (Å²) in [4.78, 5) is 14.3. The maximum atomic E-state index is 12.9. The highest BCUT2D eigenvalue weighted by molar-refractivity contribution is 6.42. The van der Waals surface area contributed by atoms with E-state index in [9.17, 15) is 10.1 Å². The molecule has 1 aromatic heterocycles. The van der Waals surface area contributed by atoms with Crippen LogP contribution in [0.1, 0.15) is 35.5 Å². The molecule has 5 nitrogen and oxygen atoms in total. The summed E-state index contributed by atoms with van der Waals surface area (Å²) >= 11 is 12.3. The number of aryl methyl sites for hydroxylation is 1. The van der Waals surface area contributed by atoms with Crippen molar-refractivity contribution < 1.29 is 9.53 Å². The molecular weight excluding hydrogens is 409 g/mol. The van der Waals surface area contributed by atoms with Crippen LogP contribution in [0, 0.1) is 25.2 Å². The molecule has 1 amide bonds. The van der Waals surface area contributed by atoms with Crippen LogP contribution in [-0.4, -0.2) is 36.1 Å². The molecule has 0 spiro atoms. The lowest BCUT2D eigenvalue weighted by atomic mass is 10.1. The van der Waals surface area contributed by atoms with Crippen LogP contribution in [0.2, 0.25) is 10.0 Å². The average Bonchev–Trinajstić information content (AvgIpc) is 2.96. The van der Waals surface area contributed by atoms with E-state index in [0.29, 0.717) is 16.7 Å². The highest BCUT2D eigenvalue weighted by Crippen LogP contribution is 2.27. The first-order chi connectivity index (χ1) is 13.7. The molecule has 0 bridgehead atoms. The van der Waals surface area contributed by atoms with Crippen LogP contribution in [0.4, 0.5) is 0 Å². The highest BCUT2D eigenvalue weighted by Gasteiger charge is 2.19. The van der Waals surface area contributed by atoms with E-state index < -0.39 is 0 Å². The van der Waals surface area contributed by atoms with Crippen molar-refractivity contribution in [2.75, 3.05) is 20.8 Å². The standard InChI is InChI=1S/C22H25Cl2N3O2/c1-14-9-18(16(3)27(14)15(2)13-29-5)10-19(11-25)22(28)26(4)12-17-7-6-8-20(23)21(17)24/h6-10,15H,12-13H2,1-5H3/b19-10-. The Balaban J connectivity index is 2.30. The minimum Gasteiger partial charge on any atom is -0.383 e. The highest BCUT2D eigenvalue weighted by atomic mass is 35.5. The second kappa shape index (κ2) is 9.98. The molecule has 1 atom stereocenters. The molecule has 0 N–H and O–H groups in total. The maximum absolute atomic E-state index is 12.9. The summed E-state index contributed by atoms with van der Waals surface area (Å²) in [5.74, 6) is -0.377. The number of nitrogens with zero attached hydrogens (tertiary/aromatic N) is 3. The molecule has 0 aliphatic rings. The van der Waals surface area contributed by atoms with Gasteiger partial charge in [-0.25, -0.2) is 0 Å². The number of amides is 1. The number of carbonyl (C=O) groups excluding carboxylic acids is 1. The Bertz CT molecular complexity index is 973. The normalized spacial score (nSPS) is 12.6. The molecule has 0 aliphatic carbocycles. The quantitative estimate of drug-likeness (QED) is 0.446. The molecule has 0 aliphatic heterocycles. The van der Waals surface area contributed by atoms with Gasteiger partial charge in [0.15, 0.2) is 0 Å². The van der Waals surface area contributed by atoms with Gasteiger partial charge in [0.25, 0.3) is 5.91 Å². The first-order valence-electron chi connectivity index (χ1n) is 9.18. The van der Waals surface area contributed by atoms with Crippen molar-refractivity contribution >= 4 is 35.2 Å². The molecule has 0 radical (unpaired) electrons. The van der Waals surface area contributed by atoms with Gasteiger partial charge in [0, 0.05) is 32.1 Å². The molecule has 2 rings (SSSR count). The predicted octanol–water partition coefficient (Wildman–Crippen LogP) is 5.18. The fraction of sp³-hybridized carbons (Fsp3) is 0.364. The second-order valence-corrected chi connectivity index (χ2v) is 7.83. The first kappa shape index (κ1) is 23.0. The van der Waals surface area contributed by atoms with Gasteiger partial charge in [0.05, 0.1) is 22.7 Å². The maximum Gasteiger partial charge on any atom is 0.264 e. The Morgan fingerprint density at radius 2 is 2.07 bits per heavy atom. The zero-order chi connectivity index (χ0) is 21.7. The molecule has 154 valence electrons. The van der Waals surface area contributed by atoms with Crippen LogP contribution in [0.3, 0.4) is 0 Å². The van der Waals surface area contributed by atoms with Crippen molar-refractivity contribution in [1.82, 2.24) is 9.47 Å². The summed E-state index contributed by atoms with van der Waals surface area (Å²) in [7, 11) is 3.30. The molecule has 0 fully saturated rings. The predicted molar refractivity (Wildman–Crippen MR) is 117 cm³/mol. The fourth-order valence-electron chi connectivity index (χ4n) is 3.44. The topological polar surface area (TPSA) is 58.3 Å². The number of methoxy groups -OCH3 is 1. The summed E-state index contributed by atoms with van der Waals surface area (Å²) in [5, 5.41) is 10.4. The van der Waals surface area contributed by atoms with Crippen molar-refractivity contribution in [1.29, 1.82) is 5.26 Å². The molecule has 0 saturated heterocycles. The molecular formula is C22H25Cl2N3O2. The molecule has 2 aromatic rings. The number of carbonyl (C=O) groups is 1. The summed E-state index contributed by atoms with van der Waals surface area (Å²) < 4.78 is 7.40.